The highest BCUT2D eigenvalue weighted by atomic mass is 16.1. The van der Waals surface area contributed by atoms with E-state index in [0.29, 0.717) is 5.92 Å². The van der Waals surface area contributed by atoms with Gasteiger partial charge in [0.15, 0.2) is 0 Å². The van der Waals surface area contributed by atoms with Crippen molar-refractivity contribution in [3.8, 4) is 0 Å². The third kappa shape index (κ3) is 2.10. The zero-order valence-corrected chi connectivity index (χ0v) is 8.23. The van der Waals surface area contributed by atoms with Gasteiger partial charge in [0.2, 0.25) is 5.91 Å². The summed E-state index contributed by atoms with van der Waals surface area (Å²) in [5, 5.41) is 2.98. The number of nitrogens with one attached hydrogen (secondary N) is 1. The van der Waals surface area contributed by atoms with Crippen molar-refractivity contribution >= 4 is 5.91 Å². The van der Waals surface area contributed by atoms with Gasteiger partial charge in [0.1, 0.15) is 0 Å². The molecule has 1 amide bonds. The molecule has 0 unspecified atom stereocenters. The maximum atomic E-state index is 11.0. The minimum atomic E-state index is 0.0331. The van der Waals surface area contributed by atoms with Crippen LogP contribution < -0.4 is 5.32 Å². The summed E-state index contributed by atoms with van der Waals surface area (Å²) in [7, 11) is 0. The number of aromatic nitrogens is 1. The molecule has 0 bridgehead atoms. The minimum Gasteiger partial charge on any atom is -0.349 e. The number of rotatable bonds is 3. The van der Waals surface area contributed by atoms with Gasteiger partial charge in [-0.25, -0.2) is 0 Å². The molecular formula is C11H14N2O. The van der Waals surface area contributed by atoms with Crippen molar-refractivity contribution in [1.82, 2.24) is 10.3 Å². The largest absolute Gasteiger partial charge is 0.349 e. The van der Waals surface area contributed by atoms with Gasteiger partial charge in [-0.3, -0.25) is 9.78 Å². The molecule has 0 saturated heterocycles. The van der Waals surface area contributed by atoms with Gasteiger partial charge in [0.05, 0.1) is 6.04 Å². The molecule has 3 heteroatoms. The Balaban J connectivity index is 2.14. The van der Waals surface area contributed by atoms with E-state index in [-0.39, 0.29) is 11.9 Å². The van der Waals surface area contributed by atoms with E-state index in [4.69, 9.17) is 0 Å². The summed E-state index contributed by atoms with van der Waals surface area (Å²) in [6, 6.07) is 4.10. The van der Waals surface area contributed by atoms with Gasteiger partial charge >= 0.3 is 0 Å². The first-order valence-electron chi connectivity index (χ1n) is 4.94. The normalized spacial score (nSPS) is 17.5. The number of carbonyl (C=O) groups is 1. The molecule has 0 radical (unpaired) electrons. The van der Waals surface area contributed by atoms with Crippen LogP contribution in [0, 0.1) is 5.92 Å². The maximum absolute atomic E-state index is 11.0. The fourth-order valence-corrected chi connectivity index (χ4v) is 1.68. The average Bonchev–Trinajstić information content (AvgIpc) is 2.99. The lowest BCUT2D eigenvalue weighted by molar-refractivity contribution is -0.119. The zero-order chi connectivity index (χ0) is 9.97. The first-order valence-corrected chi connectivity index (χ1v) is 4.94. The SMILES string of the molecule is CC(=O)N[C@H](c1cccnc1)C1CC1. The van der Waals surface area contributed by atoms with Crippen molar-refractivity contribution in [3.63, 3.8) is 0 Å². The molecule has 1 heterocycles. The first-order chi connectivity index (χ1) is 6.77. The second kappa shape index (κ2) is 3.78. The van der Waals surface area contributed by atoms with Crippen LogP contribution in [0.2, 0.25) is 0 Å². The molecule has 1 saturated carbocycles. The highest BCUT2D eigenvalue weighted by molar-refractivity contribution is 5.73. The van der Waals surface area contributed by atoms with Crippen LogP contribution in [0.25, 0.3) is 0 Å². The van der Waals surface area contributed by atoms with Crippen molar-refractivity contribution < 1.29 is 4.79 Å². The molecule has 1 aliphatic rings. The predicted molar refractivity (Wildman–Crippen MR) is 53.5 cm³/mol. The number of hydrogen-bond acceptors (Lipinski definition) is 2. The summed E-state index contributed by atoms with van der Waals surface area (Å²) < 4.78 is 0. The Kier molecular flexibility index (Phi) is 2.48. The van der Waals surface area contributed by atoms with Crippen molar-refractivity contribution in [2.75, 3.05) is 0 Å². The van der Waals surface area contributed by atoms with Gasteiger partial charge in [0.25, 0.3) is 0 Å². The molecule has 1 atom stereocenters. The van der Waals surface area contributed by atoms with Crippen LogP contribution >= 0.6 is 0 Å². The van der Waals surface area contributed by atoms with Crippen LogP contribution in [0.3, 0.4) is 0 Å². The zero-order valence-electron chi connectivity index (χ0n) is 8.23. The lowest BCUT2D eigenvalue weighted by atomic mass is 10.0. The van der Waals surface area contributed by atoms with Crippen LogP contribution in [-0.2, 0) is 4.79 Å². The molecule has 1 fully saturated rings. The number of pyridine rings is 1. The monoisotopic (exact) mass is 190 g/mol. The van der Waals surface area contributed by atoms with Crippen LogP contribution in [0.1, 0.15) is 31.4 Å². The van der Waals surface area contributed by atoms with Crippen molar-refractivity contribution in [2.45, 2.75) is 25.8 Å². The highest BCUT2D eigenvalue weighted by Gasteiger charge is 2.32. The Bertz CT molecular complexity index is 319. The van der Waals surface area contributed by atoms with Crippen LogP contribution in [0.4, 0.5) is 0 Å². The smallest absolute Gasteiger partial charge is 0.217 e. The van der Waals surface area contributed by atoms with E-state index in [1.54, 1.807) is 13.1 Å². The molecule has 0 spiro atoms. The summed E-state index contributed by atoms with van der Waals surface area (Å²) in [6.45, 7) is 1.56. The number of amides is 1. The van der Waals surface area contributed by atoms with Gasteiger partial charge in [-0.1, -0.05) is 6.07 Å². The van der Waals surface area contributed by atoms with Crippen molar-refractivity contribution in [2.24, 2.45) is 5.92 Å². The van der Waals surface area contributed by atoms with E-state index >= 15 is 0 Å². The van der Waals surface area contributed by atoms with E-state index in [2.05, 4.69) is 10.3 Å². The van der Waals surface area contributed by atoms with E-state index in [0.717, 1.165) is 5.56 Å². The summed E-state index contributed by atoms with van der Waals surface area (Å²) in [4.78, 5) is 15.1. The van der Waals surface area contributed by atoms with Crippen LogP contribution in [0.5, 0.6) is 0 Å². The minimum absolute atomic E-state index is 0.0331. The third-order valence-corrected chi connectivity index (χ3v) is 2.50. The average molecular weight is 190 g/mol. The molecule has 1 aliphatic carbocycles. The number of hydrogen-bond donors (Lipinski definition) is 1. The third-order valence-electron chi connectivity index (χ3n) is 2.50. The van der Waals surface area contributed by atoms with E-state index in [1.165, 1.54) is 12.8 Å². The Labute approximate surface area is 83.5 Å². The second-order valence-corrected chi connectivity index (χ2v) is 3.80. The maximum Gasteiger partial charge on any atom is 0.217 e. The molecule has 0 aliphatic heterocycles. The van der Waals surface area contributed by atoms with Gasteiger partial charge in [-0.05, 0) is 30.4 Å². The summed E-state index contributed by atoms with van der Waals surface area (Å²) in [5.41, 5.74) is 1.12. The molecule has 2 rings (SSSR count). The molecule has 74 valence electrons. The fraction of sp³-hybridized carbons (Fsp3) is 0.455. The molecule has 3 nitrogen and oxygen atoms in total. The number of carbonyl (C=O) groups excluding carboxylic acids is 1. The van der Waals surface area contributed by atoms with E-state index < -0.39 is 0 Å². The van der Waals surface area contributed by atoms with Crippen LogP contribution in [-0.4, -0.2) is 10.9 Å². The van der Waals surface area contributed by atoms with Crippen molar-refractivity contribution in [3.05, 3.63) is 30.1 Å². The molecule has 1 N–H and O–H groups in total. The summed E-state index contributed by atoms with van der Waals surface area (Å²) >= 11 is 0. The quantitative estimate of drug-likeness (QED) is 0.787. The molecule has 14 heavy (non-hydrogen) atoms. The standard InChI is InChI=1S/C11H14N2O/c1-8(14)13-11(9-4-5-9)10-3-2-6-12-7-10/h2-3,6-7,9,11H,4-5H2,1H3,(H,13,14)/t11-/m0/s1. The number of nitrogens with zero attached hydrogens (tertiary/aromatic N) is 1. The second-order valence-electron chi connectivity index (χ2n) is 3.80. The van der Waals surface area contributed by atoms with Gasteiger partial charge in [-0.15, -0.1) is 0 Å². The van der Waals surface area contributed by atoms with Gasteiger partial charge < -0.3 is 5.32 Å². The van der Waals surface area contributed by atoms with Gasteiger partial charge in [0, 0.05) is 19.3 Å². The fourth-order valence-electron chi connectivity index (χ4n) is 1.68. The Morgan fingerprint density at radius 1 is 1.64 bits per heavy atom. The van der Waals surface area contributed by atoms with Gasteiger partial charge in [-0.2, -0.15) is 0 Å². The van der Waals surface area contributed by atoms with E-state index in [9.17, 15) is 4.79 Å². The molecule has 0 aromatic carbocycles. The molecule has 1 aromatic heterocycles. The Hall–Kier alpha value is -1.38. The predicted octanol–water partition coefficient (Wildman–Crippen LogP) is 1.67. The van der Waals surface area contributed by atoms with E-state index in [1.807, 2.05) is 18.3 Å². The highest BCUT2D eigenvalue weighted by Crippen LogP contribution is 2.40. The molecule has 1 aromatic rings. The lowest BCUT2D eigenvalue weighted by Gasteiger charge is -2.16. The summed E-state index contributed by atoms with van der Waals surface area (Å²) in [6.07, 6.45) is 6.00. The molecular weight excluding hydrogens is 176 g/mol. The van der Waals surface area contributed by atoms with Crippen LogP contribution in [0.15, 0.2) is 24.5 Å². The summed E-state index contributed by atoms with van der Waals surface area (Å²) in [5.74, 6) is 0.647. The Morgan fingerprint density at radius 2 is 2.43 bits per heavy atom. The van der Waals surface area contributed by atoms with Crippen molar-refractivity contribution in [1.29, 1.82) is 0 Å². The first kappa shape index (κ1) is 9.19. The Morgan fingerprint density at radius 3 is 2.93 bits per heavy atom. The lowest BCUT2D eigenvalue weighted by Crippen LogP contribution is -2.27. The topological polar surface area (TPSA) is 42.0 Å².